The fraction of sp³-hybridized carbons (Fsp3) is 0.538. The summed E-state index contributed by atoms with van der Waals surface area (Å²) in [6, 6.07) is 4.04. The maximum atomic E-state index is 5.92. The van der Waals surface area contributed by atoms with Crippen molar-refractivity contribution in [1.82, 2.24) is 14.8 Å². The van der Waals surface area contributed by atoms with Crippen LogP contribution in [0.4, 0.5) is 0 Å². The van der Waals surface area contributed by atoms with Crippen molar-refractivity contribution in [3.8, 4) is 0 Å². The summed E-state index contributed by atoms with van der Waals surface area (Å²) in [6.45, 7) is 7.50. The molecule has 1 atom stereocenters. The molecule has 0 spiro atoms. The van der Waals surface area contributed by atoms with Crippen LogP contribution in [0.5, 0.6) is 0 Å². The van der Waals surface area contributed by atoms with E-state index in [1.165, 1.54) is 0 Å². The predicted molar refractivity (Wildman–Crippen MR) is 77.5 cm³/mol. The lowest BCUT2D eigenvalue weighted by Gasteiger charge is -2.38. The van der Waals surface area contributed by atoms with E-state index in [-0.39, 0.29) is 6.04 Å². The molecular weight excluding hydrogens is 244 g/mol. The molecule has 0 aromatic carbocycles. The Morgan fingerprint density at radius 3 is 2.44 bits per heavy atom. The van der Waals surface area contributed by atoms with Crippen molar-refractivity contribution in [2.45, 2.75) is 13.0 Å². The number of pyridine rings is 1. The zero-order valence-corrected chi connectivity index (χ0v) is 11.6. The van der Waals surface area contributed by atoms with E-state index in [4.69, 9.17) is 18.0 Å². The van der Waals surface area contributed by atoms with E-state index in [0.29, 0.717) is 4.99 Å². The highest BCUT2D eigenvalue weighted by atomic mass is 32.1. The second-order valence-corrected chi connectivity index (χ2v) is 5.03. The summed E-state index contributed by atoms with van der Waals surface area (Å²) in [6.07, 6.45) is 3.59. The summed E-state index contributed by atoms with van der Waals surface area (Å²) in [7, 11) is 0. The second kappa shape index (κ2) is 6.22. The van der Waals surface area contributed by atoms with Gasteiger partial charge in [0.2, 0.25) is 0 Å². The normalized spacial score (nSPS) is 19.6. The van der Waals surface area contributed by atoms with Gasteiger partial charge >= 0.3 is 0 Å². The van der Waals surface area contributed by atoms with Gasteiger partial charge in [0.15, 0.2) is 0 Å². The quantitative estimate of drug-likeness (QED) is 0.824. The van der Waals surface area contributed by atoms with Crippen LogP contribution in [0.1, 0.15) is 18.5 Å². The van der Waals surface area contributed by atoms with Crippen LogP contribution < -0.4 is 5.73 Å². The molecule has 1 aromatic heterocycles. The fourth-order valence-electron chi connectivity index (χ4n) is 2.44. The minimum Gasteiger partial charge on any atom is -0.392 e. The number of likely N-dealkylation sites (N-methyl/N-ethyl adjacent to an activating group) is 1. The lowest BCUT2D eigenvalue weighted by atomic mass is 10.1. The minimum absolute atomic E-state index is 0.0435. The zero-order chi connectivity index (χ0) is 13.0. The first kappa shape index (κ1) is 13.4. The van der Waals surface area contributed by atoms with Crippen LogP contribution in [-0.2, 0) is 0 Å². The van der Waals surface area contributed by atoms with Gasteiger partial charge in [-0.3, -0.25) is 9.88 Å². The van der Waals surface area contributed by atoms with Crippen molar-refractivity contribution in [3.05, 3.63) is 30.1 Å². The molecule has 1 fully saturated rings. The molecule has 18 heavy (non-hydrogen) atoms. The maximum absolute atomic E-state index is 5.92. The molecule has 1 unspecified atom stereocenters. The van der Waals surface area contributed by atoms with Gasteiger partial charge in [-0.15, -0.1) is 0 Å². The van der Waals surface area contributed by atoms with Gasteiger partial charge in [0.1, 0.15) is 0 Å². The van der Waals surface area contributed by atoms with E-state index in [1.807, 2.05) is 12.1 Å². The van der Waals surface area contributed by atoms with Crippen LogP contribution in [0, 0.1) is 0 Å². The molecule has 4 nitrogen and oxygen atoms in total. The Bertz CT molecular complexity index is 387. The Morgan fingerprint density at radius 1 is 1.33 bits per heavy atom. The van der Waals surface area contributed by atoms with Crippen molar-refractivity contribution in [2.24, 2.45) is 5.73 Å². The molecule has 2 rings (SSSR count). The number of nitrogens with two attached hydrogens (primary N) is 1. The highest BCUT2D eigenvalue weighted by Crippen LogP contribution is 2.22. The first-order chi connectivity index (χ1) is 8.72. The number of hydrogen-bond donors (Lipinski definition) is 1. The summed E-state index contributed by atoms with van der Waals surface area (Å²) >= 11 is 5.24. The molecule has 1 aliphatic rings. The molecular formula is C13H20N4S. The Hall–Kier alpha value is -1.04. The third-order valence-electron chi connectivity index (χ3n) is 3.51. The van der Waals surface area contributed by atoms with Crippen LogP contribution in [0.15, 0.2) is 24.5 Å². The average molecular weight is 264 g/mol. The van der Waals surface area contributed by atoms with Crippen LogP contribution >= 0.6 is 12.2 Å². The lowest BCUT2D eigenvalue weighted by molar-refractivity contribution is 0.122. The molecule has 0 bridgehead atoms. The van der Waals surface area contributed by atoms with Gasteiger partial charge in [-0.05, 0) is 24.2 Å². The van der Waals surface area contributed by atoms with Crippen molar-refractivity contribution >= 4 is 17.2 Å². The topological polar surface area (TPSA) is 45.4 Å². The Kier molecular flexibility index (Phi) is 4.63. The van der Waals surface area contributed by atoms with Gasteiger partial charge in [-0.2, -0.15) is 0 Å². The molecule has 0 amide bonds. The van der Waals surface area contributed by atoms with Gasteiger partial charge in [-0.25, -0.2) is 0 Å². The number of nitrogens with zero attached hydrogens (tertiary/aromatic N) is 3. The van der Waals surface area contributed by atoms with Gasteiger partial charge in [0.05, 0.1) is 11.0 Å². The smallest absolute Gasteiger partial charge is 0.0948 e. The van der Waals surface area contributed by atoms with Crippen LogP contribution in [0.3, 0.4) is 0 Å². The highest BCUT2D eigenvalue weighted by molar-refractivity contribution is 7.80. The third kappa shape index (κ3) is 3.04. The minimum atomic E-state index is 0.0435. The highest BCUT2D eigenvalue weighted by Gasteiger charge is 2.26. The summed E-state index contributed by atoms with van der Waals surface area (Å²) in [5, 5.41) is 0. The van der Waals surface area contributed by atoms with Gasteiger partial charge in [0.25, 0.3) is 0 Å². The molecule has 1 aliphatic heterocycles. The number of hydrogen-bond acceptors (Lipinski definition) is 4. The predicted octanol–water partition coefficient (Wildman–Crippen LogP) is 1.05. The van der Waals surface area contributed by atoms with Crippen molar-refractivity contribution < 1.29 is 0 Å². The molecule has 1 aromatic rings. The van der Waals surface area contributed by atoms with Crippen LogP contribution in [0.2, 0.25) is 0 Å². The fourth-order valence-corrected chi connectivity index (χ4v) is 2.72. The Balaban J connectivity index is 2.10. The molecule has 98 valence electrons. The van der Waals surface area contributed by atoms with Gasteiger partial charge in [-0.1, -0.05) is 19.1 Å². The van der Waals surface area contributed by atoms with E-state index in [0.717, 1.165) is 38.3 Å². The molecule has 1 saturated heterocycles. The van der Waals surface area contributed by atoms with E-state index < -0.39 is 0 Å². The molecule has 0 saturated carbocycles. The second-order valence-electron chi connectivity index (χ2n) is 4.56. The monoisotopic (exact) mass is 264 g/mol. The average Bonchev–Trinajstić information content (AvgIpc) is 2.40. The maximum Gasteiger partial charge on any atom is 0.0948 e. The van der Waals surface area contributed by atoms with Crippen LogP contribution in [-0.4, -0.2) is 52.5 Å². The van der Waals surface area contributed by atoms with Crippen molar-refractivity contribution in [1.29, 1.82) is 0 Å². The summed E-state index contributed by atoms with van der Waals surface area (Å²) < 4.78 is 0. The van der Waals surface area contributed by atoms with Crippen molar-refractivity contribution in [3.63, 3.8) is 0 Å². The summed E-state index contributed by atoms with van der Waals surface area (Å²) in [4.78, 5) is 9.40. The molecule has 0 aliphatic carbocycles. The molecule has 2 N–H and O–H groups in total. The van der Waals surface area contributed by atoms with E-state index in [2.05, 4.69) is 21.7 Å². The summed E-state index contributed by atoms with van der Waals surface area (Å²) in [5.41, 5.74) is 7.06. The largest absolute Gasteiger partial charge is 0.392 e. The number of piperazine rings is 1. The zero-order valence-electron chi connectivity index (χ0n) is 10.7. The van der Waals surface area contributed by atoms with E-state index in [9.17, 15) is 0 Å². The SMILES string of the molecule is CCN1CCN(C(C(N)=S)c2ccncc2)CC1. The van der Waals surface area contributed by atoms with Crippen LogP contribution in [0.25, 0.3) is 0 Å². The van der Waals surface area contributed by atoms with E-state index in [1.54, 1.807) is 12.4 Å². The standard InChI is InChI=1S/C13H20N4S/c1-2-16-7-9-17(10-8-16)12(13(14)18)11-3-5-15-6-4-11/h3-6,12H,2,7-10H2,1H3,(H2,14,18). The summed E-state index contributed by atoms with van der Waals surface area (Å²) in [5.74, 6) is 0. The van der Waals surface area contributed by atoms with Gasteiger partial charge in [0, 0.05) is 38.6 Å². The lowest BCUT2D eigenvalue weighted by Crippen LogP contribution is -2.49. The number of thiocarbonyl (C=S) groups is 1. The molecule has 5 heteroatoms. The Labute approximate surface area is 114 Å². The molecule has 2 heterocycles. The third-order valence-corrected chi connectivity index (χ3v) is 3.73. The number of aromatic nitrogens is 1. The molecule has 0 radical (unpaired) electrons. The Morgan fingerprint density at radius 2 is 1.94 bits per heavy atom. The van der Waals surface area contributed by atoms with Gasteiger partial charge < -0.3 is 10.6 Å². The first-order valence-corrected chi connectivity index (χ1v) is 6.79. The number of rotatable bonds is 4. The van der Waals surface area contributed by atoms with E-state index >= 15 is 0 Å². The first-order valence-electron chi connectivity index (χ1n) is 6.38. The van der Waals surface area contributed by atoms with Crippen molar-refractivity contribution in [2.75, 3.05) is 32.7 Å².